The molecule has 0 radical (unpaired) electrons. The summed E-state index contributed by atoms with van der Waals surface area (Å²) >= 11 is 0. The molecule has 0 saturated carbocycles. The van der Waals surface area contributed by atoms with Gasteiger partial charge in [0.1, 0.15) is 17.6 Å². The summed E-state index contributed by atoms with van der Waals surface area (Å²) < 4.78 is 10.7. The lowest BCUT2D eigenvalue weighted by Crippen LogP contribution is -1.97. The SMILES string of the molecule is O[C@H](c1ccc(Oc2ccccc2)cc1)c1ccoc1. The number of rotatable bonds is 4. The molecule has 3 rings (SSSR count). The molecular weight excluding hydrogens is 252 g/mol. The molecule has 0 spiro atoms. The van der Waals surface area contributed by atoms with Gasteiger partial charge in [-0.15, -0.1) is 0 Å². The minimum absolute atomic E-state index is 0.681. The van der Waals surface area contributed by atoms with E-state index in [0.717, 1.165) is 22.6 Å². The topological polar surface area (TPSA) is 42.6 Å². The van der Waals surface area contributed by atoms with Crippen molar-refractivity contribution in [2.24, 2.45) is 0 Å². The lowest BCUT2D eigenvalue weighted by Gasteiger charge is -2.10. The summed E-state index contributed by atoms with van der Waals surface area (Å²) in [5, 5.41) is 10.2. The van der Waals surface area contributed by atoms with Gasteiger partial charge in [0.2, 0.25) is 0 Å². The Hall–Kier alpha value is -2.52. The molecule has 0 bridgehead atoms. The van der Waals surface area contributed by atoms with Crippen molar-refractivity contribution in [2.75, 3.05) is 0 Å². The third-order valence-corrected chi connectivity index (χ3v) is 3.03. The standard InChI is InChI=1S/C17H14O3/c18-17(14-10-11-19-12-14)13-6-8-16(9-7-13)20-15-4-2-1-3-5-15/h1-12,17-18H/t17-/m1/s1. The Morgan fingerprint density at radius 2 is 1.50 bits per heavy atom. The summed E-state index contributed by atoms with van der Waals surface area (Å²) in [6.07, 6.45) is 2.41. The van der Waals surface area contributed by atoms with Crippen molar-refractivity contribution in [2.45, 2.75) is 6.10 Å². The second-order valence-corrected chi connectivity index (χ2v) is 4.44. The molecule has 1 atom stereocenters. The number of furan rings is 1. The summed E-state index contributed by atoms with van der Waals surface area (Å²) in [7, 11) is 0. The third kappa shape index (κ3) is 2.73. The summed E-state index contributed by atoms with van der Waals surface area (Å²) in [5.74, 6) is 1.52. The number of aliphatic hydroxyl groups is 1. The number of hydrogen-bond acceptors (Lipinski definition) is 3. The highest BCUT2D eigenvalue weighted by molar-refractivity contribution is 5.35. The van der Waals surface area contributed by atoms with E-state index in [4.69, 9.17) is 9.15 Å². The van der Waals surface area contributed by atoms with Gasteiger partial charge >= 0.3 is 0 Å². The minimum atomic E-state index is -0.681. The predicted octanol–water partition coefficient (Wildman–Crippen LogP) is 4.15. The van der Waals surface area contributed by atoms with E-state index in [0.29, 0.717) is 0 Å². The van der Waals surface area contributed by atoms with Gasteiger partial charge in [-0.3, -0.25) is 0 Å². The second kappa shape index (κ2) is 5.63. The van der Waals surface area contributed by atoms with Crippen LogP contribution in [-0.4, -0.2) is 5.11 Å². The Morgan fingerprint density at radius 3 is 2.15 bits per heavy atom. The number of hydrogen-bond donors (Lipinski definition) is 1. The molecule has 0 fully saturated rings. The summed E-state index contributed by atoms with van der Waals surface area (Å²) in [4.78, 5) is 0. The third-order valence-electron chi connectivity index (χ3n) is 3.03. The average molecular weight is 266 g/mol. The van der Waals surface area contributed by atoms with Gasteiger partial charge in [-0.05, 0) is 35.9 Å². The molecule has 20 heavy (non-hydrogen) atoms. The van der Waals surface area contributed by atoms with E-state index < -0.39 is 6.10 Å². The van der Waals surface area contributed by atoms with Crippen LogP contribution in [0, 0.1) is 0 Å². The maximum atomic E-state index is 10.2. The van der Waals surface area contributed by atoms with E-state index in [1.807, 2.05) is 54.6 Å². The Balaban J connectivity index is 1.75. The van der Waals surface area contributed by atoms with E-state index in [1.54, 1.807) is 18.6 Å². The first-order valence-electron chi connectivity index (χ1n) is 6.36. The van der Waals surface area contributed by atoms with Crippen LogP contribution < -0.4 is 4.74 Å². The molecule has 0 amide bonds. The van der Waals surface area contributed by atoms with Gasteiger partial charge in [-0.1, -0.05) is 30.3 Å². The Morgan fingerprint density at radius 1 is 0.800 bits per heavy atom. The van der Waals surface area contributed by atoms with Crippen LogP contribution in [0.1, 0.15) is 17.2 Å². The summed E-state index contributed by atoms with van der Waals surface area (Å²) in [6, 6.07) is 18.7. The highest BCUT2D eigenvalue weighted by atomic mass is 16.5. The fourth-order valence-electron chi connectivity index (χ4n) is 1.97. The zero-order valence-corrected chi connectivity index (χ0v) is 10.8. The van der Waals surface area contributed by atoms with E-state index in [1.165, 1.54) is 0 Å². The monoisotopic (exact) mass is 266 g/mol. The molecule has 100 valence electrons. The van der Waals surface area contributed by atoms with E-state index >= 15 is 0 Å². The quantitative estimate of drug-likeness (QED) is 0.771. The minimum Gasteiger partial charge on any atom is -0.472 e. The van der Waals surface area contributed by atoms with Crippen LogP contribution in [0.2, 0.25) is 0 Å². The van der Waals surface area contributed by atoms with E-state index in [-0.39, 0.29) is 0 Å². The molecule has 1 N–H and O–H groups in total. The molecule has 0 aliphatic rings. The number of benzene rings is 2. The van der Waals surface area contributed by atoms with Crippen LogP contribution in [0.3, 0.4) is 0 Å². The Bertz CT molecular complexity index is 642. The fraction of sp³-hybridized carbons (Fsp3) is 0.0588. The lowest BCUT2D eigenvalue weighted by molar-refractivity contribution is 0.219. The van der Waals surface area contributed by atoms with Gasteiger partial charge in [-0.25, -0.2) is 0 Å². The van der Waals surface area contributed by atoms with Crippen molar-refractivity contribution in [3.05, 3.63) is 84.3 Å². The smallest absolute Gasteiger partial charge is 0.127 e. The molecule has 0 saturated heterocycles. The van der Waals surface area contributed by atoms with Crippen molar-refractivity contribution in [3.8, 4) is 11.5 Å². The maximum Gasteiger partial charge on any atom is 0.127 e. The van der Waals surface area contributed by atoms with Gasteiger partial charge in [-0.2, -0.15) is 0 Å². The Labute approximate surface area is 117 Å². The number of ether oxygens (including phenoxy) is 1. The molecule has 3 nitrogen and oxygen atoms in total. The first kappa shape index (κ1) is 12.5. The van der Waals surface area contributed by atoms with Gasteiger partial charge in [0.15, 0.2) is 0 Å². The molecule has 1 heterocycles. The van der Waals surface area contributed by atoms with Gasteiger partial charge in [0.05, 0.1) is 12.5 Å². The molecule has 0 aliphatic carbocycles. The van der Waals surface area contributed by atoms with Crippen LogP contribution in [0.15, 0.2) is 77.6 Å². The largest absolute Gasteiger partial charge is 0.472 e. The van der Waals surface area contributed by atoms with E-state index in [2.05, 4.69) is 0 Å². The lowest BCUT2D eigenvalue weighted by atomic mass is 10.0. The number of aliphatic hydroxyl groups excluding tert-OH is 1. The maximum absolute atomic E-state index is 10.2. The highest BCUT2D eigenvalue weighted by Crippen LogP contribution is 2.26. The van der Waals surface area contributed by atoms with Crippen LogP contribution >= 0.6 is 0 Å². The molecule has 0 unspecified atom stereocenters. The van der Waals surface area contributed by atoms with Crippen LogP contribution in [0.25, 0.3) is 0 Å². The van der Waals surface area contributed by atoms with Gasteiger partial charge < -0.3 is 14.3 Å². The van der Waals surface area contributed by atoms with E-state index in [9.17, 15) is 5.11 Å². The van der Waals surface area contributed by atoms with Crippen LogP contribution in [0.5, 0.6) is 11.5 Å². The first-order valence-corrected chi connectivity index (χ1v) is 6.36. The summed E-state index contributed by atoms with van der Waals surface area (Å²) in [5.41, 5.74) is 1.54. The average Bonchev–Trinajstić information content (AvgIpc) is 3.03. The predicted molar refractivity (Wildman–Crippen MR) is 75.7 cm³/mol. The normalized spacial score (nSPS) is 12.1. The highest BCUT2D eigenvalue weighted by Gasteiger charge is 2.11. The molecule has 3 heteroatoms. The molecule has 2 aromatic carbocycles. The van der Waals surface area contributed by atoms with Crippen molar-refractivity contribution in [1.29, 1.82) is 0 Å². The number of para-hydroxylation sites is 1. The zero-order chi connectivity index (χ0) is 13.8. The molecule has 0 aliphatic heterocycles. The van der Waals surface area contributed by atoms with Crippen molar-refractivity contribution in [3.63, 3.8) is 0 Å². The van der Waals surface area contributed by atoms with Gasteiger partial charge in [0.25, 0.3) is 0 Å². The van der Waals surface area contributed by atoms with Crippen molar-refractivity contribution < 1.29 is 14.3 Å². The van der Waals surface area contributed by atoms with Crippen LogP contribution in [-0.2, 0) is 0 Å². The molecule has 3 aromatic rings. The van der Waals surface area contributed by atoms with Crippen molar-refractivity contribution >= 4 is 0 Å². The van der Waals surface area contributed by atoms with Crippen molar-refractivity contribution in [1.82, 2.24) is 0 Å². The second-order valence-electron chi connectivity index (χ2n) is 4.44. The summed E-state index contributed by atoms with van der Waals surface area (Å²) in [6.45, 7) is 0. The van der Waals surface area contributed by atoms with Crippen LogP contribution in [0.4, 0.5) is 0 Å². The first-order chi connectivity index (χ1) is 9.83. The molecule has 1 aromatic heterocycles. The molecular formula is C17H14O3. The Kier molecular flexibility index (Phi) is 3.52. The zero-order valence-electron chi connectivity index (χ0n) is 10.8. The van der Waals surface area contributed by atoms with Gasteiger partial charge in [0, 0.05) is 5.56 Å². The fourth-order valence-corrected chi connectivity index (χ4v) is 1.97.